The second-order valence-electron chi connectivity index (χ2n) is 1.77. The summed E-state index contributed by atoms with van der Waals surface area (Å²) in [5.74, 6) is -2.12. The molecule has 0 bridgehead atoms. The first-order valence-electron chi connectivity index (χ1n) is 2.42. The van der Waals surface area contributed by atoms with Crippen molar-refractivity contribution >= 4 is 5.97 Å². The van der Waals surface area contributed by atoms with Crippen LogP contribution in [0.1, 0.15) is 0 Å². The van der Waals surface area contributed by atoms with Crippen molar-refractivity contribution in [3.63, 3.8) is 0 Å². The van der Waals surface area contributed by atoms with Gasteiger partial charge in [-0.3, -0.25) is 0 Å². The molecule has 0 radical (unpaired) electrons. The molecule has 66 valence electrons. The number of carbonyl (C=O) groups is 1. The molecule has 0 fully saturated rings. The standard InChI is InChI=1S/C4H5F3O4/c5-4(6,7)2(9)1(8)3(10)11/h1-2,8-9H,(H,10,11)/t1-,2+/m1/s1. The average molecular weight is 174 g/mol. The number of hydrogen-bond acceptors (Lipinski definition) is 3. The second-order valence-corrected chi connectivity index (χ2v) is 1.77. The van der Waals surface area contributed by atoms with Gasteiger partial charge in [0.1, 0.15) is 0 Å². The quantitative estimate of drug-likeness (QED) is 0.520. The lowest BCUT2D eigenvalue weighted by Crippen LogP contribution is -2.44. The molecule has 4 nitrogen and oxygen atoms in total. The van der Waals surface area contributed by atoms with Crippen LogP contribution in [0, 0.1) is 0 Å². The zero-order chi connectivity index (χ0) is 9.23. The third-order valence-electron chi connectivity index (χ3n) is 0.887. The summed E-state index contributed by atoms with van der Waals surface area (Å²) in [6, 6.07) is 0. The number of carboxylic acid groups (broad SMARTS) is 1. The van der Waals surface area contributed by atoms with E-state index in [1.165, 1.54) is 0 Å². The van der Waals surface area contributed by atoms with Crippen LogP contribution in [-0.2, 0) is 4.79 Å². The molecule has 3 N–H and O–H groups in total. The van der Waals surface area contributed by atoms with E-state index in [2.05, 4.69) is 0 Å². The number of halogens is 3. The Morgan fingerprint density at radius 2 is 1.64 bits per heavy atom. The molecule has 0 spiro atoms. The summed E-state index contributed by atoms with van der Waals surface area (Å²) >= 11 is 0. The summed E-state index contributed by atoms with van der Waals surface area (Å²) in [5.41, 5.74) is 0. The Balaban J connectivity index is 4.25. The molecular weight excluding hydrogens is 169 g/mol. The van der Waals surface area contributed by atoms with E-state index in [0.717, 1.165) is 0 Å². The van der Waals surface area contributed by atoms with Gasteiger partial charge in [-0.05, 0) is 0 Å². The Hall–Kier alpha value is -0.820. The highest BCUT2D eigenvalue weighted by Crippen LogP contribution is 2.22. The van der Waals surface area contributed by atoms with Gasteiger partial charge in [0.05, 0.1) is 0 Å². The van der Waals surface area contributed by atoms with Gasteiger partial charge in [0.25, 0.3) is 0 Å². The monoisotopic (exact) mass is 174 g/mol. The summed E-state index contributed by atoms with van der Waals surface area (Å²) in [4.78, 5) is 9.68. The first kappa shape index (κ1) is 10.2. The van der Waals surface area contributed by atoms with E-state index in [4.69, 9.17) is 15.3 Å². The Morgan fingerprint density at radius 1 is 1.27 bits per heavy atom. The Kier molecular flexibility index (Phi) is 2.83. The molecule has 0 aliphatic rings. The fraction of sp³-hybridized carbons (Fsp3) is 0.750. The Bertz CT molecular complexity index is 154. The van der Waals surface area contributed by atoms with Gasteiger partial charge in [-0.15, -0.1) is 0 Å². The minimum Gasteiger partial charge on any atom is -0.479 e. The number of hydrogen-bond donors (Lipinski definition) is 3. The fourth-order valence-electron chi connectivity index (χ4n) is 0.314. The van der Waals surface area contributed by atoms with Gasteiger partial charge in [0.15, 0.2) is 12.2 Å². The van der Waals surface area contributed by atoms with Crippen molar-refractivity contribution in [2.24, 2.45) is 0 Å². The van der Waals surface area contributed by atoms with Crippen molar-refractivity contribution in [3.8, 4) is 0 Å². The van der Waals surface area contributed by atoms with Gasteiger partial charge in [0, 0.05) is 0 Å². The highest BCUT2D eigenvalue weighted by atomic mass is 19.4. The van der Waals surface area contributed by atoms with E-state index in [0.29, 0.717) is 0 Å². The molecule has 0 unspecified atom stereocenters. The van der Waals surface area contributed by atoms with Crippen LogP contribution in [-0.4, -0.2) is 39.7 Å². The molecule has 0 rings (SSSR count). The molecule has 0 aliphatic carbocycles. The predicted molar refractivity (Wildman–Crippen MR) is 25.7 cm³/mol. The zero-order valence-corrected chi connectivity index (χ0v) is 5.04. The minimum absolute atomic E-state index is 2.12. The van der Waals surface area contributed by atoms with E-state index in [-0.39, 0.29) is 0 Å². The Labute approximate surface area is 58.9 Å². The molecule has 0 amide bonds. The first-order valence-corrected chi connectivity index (χ1v) is 2.42. The van der Waals surface area contributed by atoms with Crippen LogP contribution < -0.4 is 0 Å². The largest absolute Gasteiger partial charge is 0.479 e. The third kappa shape index (κ3) is 2.72. The van der Waals surface area contributed by atoms with Crippen LogP contribution in [0.3, 0.4) is 0 Å². The zero-order valence-electron chi connectivity index (χ0n) is 5.04. The molecule has 7 heteroatoms. The number of carboxylic acids is 1. The van der Waals surface area contributed by atoms with Gasteiger partial charge in [-0.1, -0.05) is 0 Å². The molecular formula is C4H5F3O4. The van der Waals surface area contributed by atoms with E-state index in [1.807, 2.05) is 0 Å². The van der Waals surface area contributed by atoms with Gasteiger partial charge >= 0.3 is 12.1 Å². The van der Waals surface area contributed by atoms with Gasteiger partial charge in [-0.25, -0.2) is 4.79 Å². The van der Waals surface area contributed by atoms with Crippen molar-refractivity contribution in [1.82, 2.24) is 0 Å². The molecule has 11 heavy (non-hydrogen) atoms. The van der Waals surface area contributed by atoms with E-state index < -0.39 is 24.4 Å². The minimum atomic E-state index is -5.11. The maximum Gasteiger partial charge on any atom is 0.417 e. The topological polar surface area (TPSA) is 77.8 Å². The predicted octanol–water partition coefficient (Wildman–Crippen LogP) is -0.645. The lowest BCUT2D eigenvalue weighted by Gasteiger charge is -2.16. The highest BCUT2D eigenvalue weighted by molar-refractivity contribution is 5.72. The lowest BCUT2D eigenvalue weighted by molar-refractivity contribution is -0.232. The number of alkyl halides is 3. The summed E-state index contributed by atoms with van der Waals surface area (Å²) in [5, 5.41) is 24.0. The normalized spacial score (nSPS) is 17.5. The highest BCUT2D eigenvalue weighted by Gasteiger charge is 2.45. The van der Waals surface area contributed by atoms with Crippen molar-refractivity contribution in [3.05, 3.63) is 0 Å². The van der Waals surface area contributed by atoms with Crippen LogP contribution in [0.2, 0.25) is 0 Å². The lowest BCUT2D eigenvalue weighted by atomic mass is 10.2. The van der Waals surface area contributed by atoms with Gasteiger partial charge < -0.3 is 15.3 Å². The van der Waals surface area contributed by atoms with Gasteiger partial charge in [-0.2, -0.15) is 13.2 Å². The summed E-state index contributed by atoms with van der Waals surface area (Å²) < 4.78 is 34.2. The molecule has 0 saturated carbocycles. The number of rotatable bonds is 2. The van der Waals surface area contributed by atoms with Crippen molar-refractivity contribution in [1.29, 1.82) is 0 Å². The number of aliphatic carboxylic acids is 1. The number of aliphatic hydroxyl groups is 2. The summed E-state index contributed by atoms with van der Waals surface area (Å²) in [6.45, 7) is 0. The maximum absolute atomic E-state index is 11.4. The molecule has 0 aromatic heterocycles. The molecule has 2 atom stereocenters. The maximum atomic E-state index is 11.4. The van der Waals surface area contributed by atoms with Crippen LogP contribution in [0.4, 0.5) is 13.2 Å². The first-order chi connectivity index (χ1) is 4.76. The third-order valence-corrected chi connectivity index (χ3v) is 0.887. The van der Waals surface area contributed by atoms with Crippen LogP contribution >= 0.6 is 0 Å². The van der Waals surface area contributed by atoms with Crippen molar-refractivity contribution in [2.45, 2.75) is 18.4 Å². The van der Waals surface area contributed by atoms with Crippen LogP contribution in [0.25, 0.3) is 0 Å². The van der Waals surface area contributed by atoms with Crippen LogP contribution in [0.15, 0.2) is 0 Å². The van der Waals surface area contributed by atoms with Crippen molar-refractivity contribution < 1.29 is 33.3 Å². The van der Waals surface area contributed by atoms with E-state index in [9.17, 15) is 18.0 Å². The smallest absolute Gasteiger partial charge is 0.417 e. The summed E-state index contributed by atoms with van der Waals surface area (Å²) in [6.07, 6.45) is -11.2. The fourth-order valence-corrected chi connectivity index (χ4v) is 0.314. The summed E-state index contributed by atoms with van der Waals surface area (Å²) in [7, 11) is 0. The number of aliphatic hydroxyl groups excluding tert-OH is 2. The van der Waals surface area contributed by atoms with Crippen LogP contribution in [0.5, 0.6) is 0 Å². The Morgan fingerprint density at radius 3 is 1.73 bits per heavy atom. The molecule has 0 aliphatic heterocycles. The molecule has 0 heterocycles. The van der Waals surface area contributed by atoms with Crippen molar-refractivity contribution in [2.75, 3.05) is 0 Å². The van der Waals surface area contributed by atoms with E-state index >= 15 is 0 Å². The van der Waals surface area contributed by atoms with E-state index in [1.54, 1.807) is 0 Å². The average Bonchev–Trinajstić information content (AvgIpc) is 1.82. The molecule has 0 saturated heterocycles. The SMILES string of the molecule is O=C(O)[C@H](O)[C@H](O)C(F)(F)F. The molecule has 0 aromatic rings. The molecule has 0 aromatic carbocycles. The second kappa shape index (κ2) is 3.05. The van der Waals surface area contributed by atoms with Gasteiger partial charge in [0.2, 0.25) is 0 Å².